The van der Waals surface area contributed by atoms with E-state index in [4.69, 9.17) is 33.0 Å². The summed E-state index contributed by atoms with van der Waals surface area (Å²) >= 11 is 11.9. The van der Waals surface area contributed by atoms with Crippen molar-refractivity contribution in [2.45, 2.75) is 6.92 Å². The summed E-state index contributed by atoms with van der Waals surface area (Å²) in [5.41, 5.74) is 7.00. The number of carbonyl (C=O) groups excluding carboxylic acids is 1. The van der Waals surface area contributed by atoms with Crippen molar-refractivity contribution in [1.29, 1.82) is 0 Å². The molecule has 1 aromatic heterocycles. The summed E-state index contributed by atoms with van der Waals surface area (Å²) in [5.74, 6) is -0.0596. The zero-order valence-electron chi connectivity index (χ0n) is 17.7. The third kappa shape index (κ3) is 5.80. The SMILES string of the molecule is Cc1ccc(-c2nn(-c3ccccc3)cc2C=NNC(=O)COc2ccc(Cl)cc2Cl)cc1. The summed E-state index contributed by atoms with van der Waals surface area (Å²) in [5, 5.41) is 9.64. The van der Waals surface area contributed by atoms with Gasteiger partial charge in [0, 0.05) is 22.3 Å². The zero-order chi connectivity index (χ0) is 23.2. The number of hydrogen-bond acceptors (Lipinski definition) is 4. The topological polar surface area (TPSA) is 68.5 Å². The monoisotopic (exact) mass is 478 g/mol. The fourth-order valence-electron chi connectivity index (χ4n) is 3.07. The number of nitrogens with one attached hydrogen (secondary N) is 1. The third-order valence-corrected chi connectivity index (χ3v) is 5.26. The number of para-hydroxylation sites is 1. The van der Waals surface area contributed by atoms with Crippen LogP contribution in [0.2, 0.25) is 10.0 Å². The highest BCUT2D eigenvalue weighted by Gasteiger charge is 2.11. The maximum absolute atomic E-state index is 12.2. The van der Waals surface area contributed by atoms with Crippen LogP contribution in [0.25, 0.3) is 16.9 Å². The van der Waals surface area contributed by atoms with Crippen molar-refractivity contribution in [3.05, 3.63) is 100 Å². The molecule has 0 spiro atoms. The molecule has 1 amide bonds. The van der Waals surface area contributed by atoms with Crippen molar-refractivity contribution in [1.82, 2.24) is 15.2 Å². The Bertz CT molecular complexity index is 1290. The number of amides is 1. The first kappa shape index (κ1) is 22.6. The molecule has 0 saturated heterocycles. The van der Waals surface area contributed by atoms with Crippen LogP contribution in [-0.4, -0.2) is 28.5 Å². The van der Waals surface area contributed by atoms with Crippen molar-refractivity contribution in [3.63, 3.8) is 0 Å². The number of aryl methyl sites for hydroxylation is 1. The molecule has 166 valence electrons. The molecule has 0 aliphatic rings. The van der Waals surface area contributed by atoms with Crippen LogP contribution in [0.15, 0.2) is 84.1 Å². The maximum Gasteiger partial charge on any atom is 0.277 e. The van der Waals surface area contributed by atoms with E-state index in [-0.39, 0.29) is 6.61 Å². The molecule has 0 fully saturated rings. The normalized spacial score (nSPS) is 11.0. The van der Waals surface area contributed by atoms with Gasteiger partial charge in [0.25, 0.3) is 5.91 Å². The van der Waals surface area contributed by atoms with Crippen molar-refractivity contribution in [2.24, 2.45) is 5.10 Å². The average Bonchev–Trinajstić information content (AvgIpc) is 3.24. The second-order valence-electron chi connectivity index (χ2n) is 7.24. The Hall–Kier alpha value is -3.61. The summed E-state index contributed by atoms with van der Waals surface area (Å²) < 4.78 is 7.21. The fraction of sp³-hybridized carbons (Fsp3) is 0.0800. The van der Waals surface area contributed by atoms with Gasteiger partial charge >= 0.3 is 0 Å². The van der Waals surface area contributed by atoms with Crippen LogP contribution in [0, 0.1) is 6.92 Å². The van der Waals surface area contributed by atoms with E-state index in [2.05, 4.69) is 10.5 Å². The van der Waals surface area contributed by atoms with E-state index in [1.54, 1.807) is 29.1 Å². The van der Waals surface area contributed by atoms with Crippen LogP contribution in [0.3, 0.4) is 0 Å². The van der Waals surface area contributed by atoms with E-state index in [1.165, 1.54) is 0 Å². The van der Waals surface area contributed by atoms with Gasteiger partial charge in [-0.2, -0.15) is 10.2 Å². The van der Waals surface area contributed by atoms with Crippen LogP contribution in [0.1, 0.15) is 11.1 Å². The van der Waals surface area contributed by atoms with Gasteiger partial charge in [-0.25, -0.2) is 10.1 Å². The van der Waals surface area contributed by atoms with E-state index < -0.39 is 5.91 Å². The van der Waals surface area contributed by atoms with E-state index in [1.807, 2.05) is 67.7 Å². The predicted molar refractivity (Wildman–Crippen MR) is 131 cm³/mol. The van der Waals surface area contributed by atoms with Crippen molar-refractivity contribution in [2.75, 3.05) is 6.61 Å². The molecule has 0 aliphatic carbocycles. The quantitative estimate of drug-likeness (QED) is 0.274. The largest absolute Gasteiger partial charge is 0.482 e. The van der Waals surface area contributed by atoms with Crippen molar-refractivity contribution < 1.29 is 9.53 Å². The number of benzene rings is 3. The summed E-state index contributed by atoms with van der Waals surface area (Å²) in [6.07, 6.45) is 3.43. The molecule has 8 heteroatoms. The summed E-state index contributed by atoms with van der Waals surface area (Å²) in [6, 6.07) is 22.6. The van der Waals surface area contributed by atoms with Gasteiger partial charge in [-0.3, -0.25) is 4.79 Å². The van der Waals surface area contributed by atoms with E-state index in [0.717, 1.165) is 28.1 Å². The summed E-state index contributed by atoms with van der Waals surface area (Å²) in [7, 11) is 0. The minimum atomic E-state index is -0.426. The third-order valence-electron chi connectivity index (χ3n) is 4.73. The molecule has 33 heavy (non-hydrogen) atoms. The molecule has 0 aliphatic heterocycles. The first-order chi connectivity index (χ1) is 16.0. The number of halogens is 2. The van der Waals surface area contributed by atoms with Crippen LogP contribution in [0.5, 0.6) is 5.75 Å². The maximum atomic E-state index is 12.2. The minimum absolute atomic E-state index is 0.243. The lowest BCUT2D eigenvalue weighted by atomic mass is 10.1. The Morgan fingerprint density at radius 3 is 2.58 bits per heavy atom. The molecular formula is C25H20Cl2N4O2. The van der Waals surface area contributed by atoms with Gasteiger partial charge in [0.1, 0.15) is 11.4 Å². The van der Waals surface area contributed by atoms with Crippen molar-refractivity contribution >= 4 is 35.3 Å². The van der Waals surface area contributed by atoms with E-state index in [9.17, 15) is 4.79 Å². The molecular weight excluding hydrogens is 459 g/mol. The zero-order valence-corrected chi connectivity index (χ0v) is 19.2. The number of carbonyl (C=O) groups is 1. The fourth-order valence-corrected chi connectivity index (χ4v) is 3.54. The van der Waals surface area contributed by atoms with Gasteiger partial charge in [0.15, 0.2) is 6.61 Å². The molecule has 0 unspecified atom stereocenters. The lowest BCUT2D eigenvalue weighted by Gasteiger charge is -2.07. The van der Waals surface area contributed by atoms with E-state index >= 15 is 0 Å². The second kappa shape index (κ2) is 10.3. The van der Waals surface area contributed by atoms with E-state index in [0.29, 0.717) is 15.8 Å². The van der Waals surface area contributed by atoms with Crippen LogP contribution >= 0.6 is 23.2 Å². The molecule has 4 rings (SSSR count). The molecule has 0 saturated carbocycles. The van der Waals surface area contributed by atoms with Gasteiger partial charge in [0.2, 0.25) is 0 Å². The van der Waals surface area contributed by atoms with Crippen LogP contribution in [0.4, 0.5) is 0 Å². The Balaban J connectivity index is 1.49. The highest BCUT2D eigenvalue weighted by molar-refractivity contribution is 6.35. The molecule has 0 atom stereocenters. The molecule has 1 heterocycles. The van der Waals surface area contributed by atoms with Crippen LogP contribution < -0.4 is 10.2 Å². The van der Waals surface area contributed by atoms with Crippen LogP contribution in [-0.2, 0) is 4.79 Å². The summed E-state index contributed by atoms with van der Waals surface area (Å²) in [6.45, 7) is 1.79. The molecule has 3 aromatic carbocycles. The van der Waals surface area contributed by atoms with Gasteiger partial charge in [-0.15, -0.1) is 0 Å². The molecule has 0 bridgehead atoms. The Morgan fingerprint density at radius 1 is 1.09 bits per heavy atom. The number of hydrazone groups is 1. The minimum Gasteiger partial charge on any atom is -0.482 e. The first-order valence-electron chi connectivity index (χ1n) is 10.1. The number of rotatable bonds is 7. The Kier molecular flexibility index (Phi) is 7.07. The predicted octanol–water partition coefficient (Wildman–Crippen LogP) is 5.68. The highest BCUT2D eigenvalue weighted by atomic mass is 35.5. The molecule has 1 N–H and O–H groups in total. The lowest BCUT2D eigenvalue weighted by Crippen LogP contribution is -2.24. The molecule has 0 radical (unpaired) electrons. The summed E-state index contributed by atoms with van der Waals surface area (Å²) in [4.78, 5) is 12.2. The Morgan fingerprint density at radius 2 is 1.85 bits per heavy atom. The standard InChI is InChI=1S/C25H20Cl2N4O2/c1-17-7-9-18(10-8-17)25-19(15-31(30-25)21-5-3-2-4-6-21)14-28-29-24(32)16-33-23-12-11-20(26)13-22(23)27/h2-15H,16H2,1H3,(H,29,32). The van der Waals surface area contributed by atoms with Gasteiger partial charge < -0.3 is 4.74 Å². The van der Waals surface area contributed by atoms with Gasteiger partial charge in [-0.05, 0) is 37.3 Å². The van der Waals surface area contributed by atoms with Gasteiger partial charge in [0.05, 0.1) is 16.9 Å². The number of ether oxygens (including phenoxy) is 1. The number of nitrogens with zero attached hydrogens (tertiary/aromatic N) is 3. The van der Waals surface area contributed by atoms with Crippen molar-refractivity contribution in [3.8, 4) is 22.7 Å². The first-order valence-corrected chi connectivity index (χ1v) is 10.9. The Labute approximate surface area is 201 Å². The van der Waals surface area contributed by atoms with Gasteiger partial charge in [-0.1, -0.05) is 71.2 Å². The second-order valence-corrected chi connectivity index (χ2v) is 8.08. The smallest absolute Gasteiger partial charge is 0.277 e. The lowest BCUT2D eigenvalue weighted by molar-refractivity contribution is -0.123. The average molecular weight is 479 g/mol. The number of hydrogen-bond donors (Lipinski definition) is 1. The number of aromatic nitrogens is 2. The highest BCUT2D eigenvalue weighted by Crippen LogP contribution is 2.27. The molecule has 4 aromatic rings. The molecule has 6 nitrogen and oxygen atoms in total.